The van der Waals surface area contributed by atoms with E-state index in [2.05, 4.69) is 9.97 Å². The average molecular weight is 554 g/mol. The molecule has 0 fully saturated rings. The van der Waals surface area contributed by atoms with Crippen LogP contribution in [0.1, 0.15) is 5.56 Å². The highest BCUT2D eigenvalue weighted by molar-refractivity contribution is 6.08. The second-order valence-electron chi connectivity index (χ2n) is 9.08. The summed E-state index contributed by atoms with van der Waals surface area (Å²) in [4.78, 5) is 33.8. The maximum Gasteiger partial charge on any atom is 0.406 e. The number of hydrogen-bond acceptors (Lipinski definition) is 6. The quantitative estimate of drug-likeness (QED) is 0.239. The molecule has 6 aromatic rings. The van der Waals surface area contributed by atoms with Gasteiger partial charge in [-0.05, 0) is 42.0 Å². The second-order valence-corrected chi connectivity index (χ2v) is 9.08. The predicted octanol–water partition coefficient (Wildman–Crippen LogP) is 5.19. The standard InChI is InChI=1S/C31H24FN3O6/c1-38-27-23-24(30(37)35(29(23)36)18-19-12-14-20(32)15-13-19)28(26-25(27)33-16-17-34-26)41-31(39-21-8-4-2-5-9-21)40-22-10-6-3-7-11-22/h2-17,31,33-34H,18H2,1H3. The first kappa shape index (κ1) is 25.8. The second kappa shape index (κ2) is 10.9. The van der Waals surface area contributed by atoms with E-state index in [9.17, 15) is 14.0 Å². The van der Waals surface area contributed by atoms with E-state index in [-0.39, 0.29) is 28.8 Å². The maximum atomic E-state index is 13.9. The molecule has 206 valence electrons. The lowest BCUT2D eigenvalue weighted by molar-refractivity contribution is -0.139. The fraction of sp³-hybridized carbons (Fsp3) is 0.0968. The summed E-state index contributed by atoms with van der Waals surface area (Å²) in [7, 11) is 1.41. The van der Waals surface area contributed by atoms with E-state index < -0.39 is 23.4 Å². The predicted molar refractivity (Wildman–Crippen MR) is 151 cm³/mol. The molecule has 10 heteroatoms. The van der Waals surface area contributed by atoms with Gasteiger partial charge in [-0.2, -0.15) is 0 Å². The number of benzene rings is 4. The van der Waals surface area contributed by atoms with Crippen molar-refractivity contribution in [3.05, 3.63) is 129 Å². The number of rotatable bonds is 9. The first-order chi connectivity index (χ1) is 20.0. The molecule has 4 aromatic carbocycles. The van der Waals surface area contributed by atoms with Crippen LogP contribution in [0.3, 0.4) is 0 Å². The smallest absolute Gasteiger partial charge is 0.406 e. The van der Waals surface area contributed by atoms with Gasteiger partial charge in [-0.25, -0.2) is 4.39 Å². The summed E-state index contributed by atoms with van der Waals surface area (Å²) in [5.74, 6) is 0.694. The first-order valence-electron chi connectivity index (χ1n) is 12.7. The van der Waals surface area contributed by atoms with Crippen LogP contribution in [0.5, 0.6) is 23.0 Å². The number of aromatic amines is 2. The lowest BCUT2D eigenvalue weighted by Gasteiger charge is -2.22. The van der Waals surface area contributed by atoms with Crippen LogP contribution in [-0.2, 0) is 6.54 Å². The highest BCUT2D eigenvalue weighted by Crippen LogP contribution is 2.39. The monoisotopic (exact) mass is 553 g/mol. The molecule has 0 aliphatic carbocycles. The zero-order valence-corrected chi connectivity index (χ0v) is 21.8. The Bertz CT molecular complexity index is 1890. The lowest BCUT2D eigenvalue weighted by Crippen LogP contribution is -2.31. The van der Waals surface area contributed by atoms with E-state index in [0.29, 0.717) is 28.1 Å². The molecule has 2 heterocycles. The number of aromatic nitrogens is 3. The van der Waals surface area contributed by atoms with Crippen molar-refractivity contribution in [2.75, 3.05) is 7.11 Å². The number of halogens is 1. The Labute approximate surface area is 232 Å². The van der Waals surface area contributed by atoms with Crippen LogP contribution in [-0.4, -0.2) is 28.1 Å². The Balaban J connectivity index is 1.54. The Morgan fingerprint density at radius 1 is 0.707 bits per heavy atom. The number of nitrogens with zero attached hydrogens (tertiary/aromatic N) is 1. The summed E-state index contributed by atoms with van der Waals surface area (Å²) in [6, 6.07) is 23.4. The molecule has 0 atom stereocenters. The number of fused-ring (bicyclic) bond motifs is 2. The van der Waals surface area contributed by atoms with Crippen molar-refractivity contribution in [3.63, 3.8) is 0 Å². The van der Waals surface area contributed by atoms with Gasteiger partial charge in [0.15, 0.2) is 11.5 Å². The molecule has 0 unspecified atom stereocenters. The van der Waals surface area contributed by atoms with Gasteiger partial charge in [0.2, 0.25) is 0 Å². The fourth-order valence-corrected chi connectivity index (χ4v) is 4.63. The van der Waals surface area contributed by atoms with Crippen LogP contribution in [0.4, 0.5) is 4.39 Å². The molecule has 2 N–H and O–H groups in total. The number of para-hydroxylation sites is 2. The molecule has 9 nitrogen and oxygen atoms in total. The van der Waals surface area contributed by atoms with E-state index in [1.54, 1.807) is 60.9 Å². The SMILES string of the molecule is COc1c2[nH]cc[nH]c2c(OC(Oc2ccccc2)Oc2ccccc2)c2c(=O)n(Cc3ccc(F)cc3)c(=O)c12. The number of hydrogen-bond donors (Lipinski definition) is 2. The summed E-state index contributed by atoms with van der Waals surface area (Å²) < 4.78 is 38.6. The molecule has 41 heavy (non-hydrogen) atoms. The topological polar surface area (TPSA) is 108 Å². The van der Waals surface area contributed by atoms with Crippen molar-refractivity contribution in [2.24, 2.45) is 0 Å². The third-order valence-electron chi connectivity index (χ3n) is 6.49. The third-order valence-corrected chi connectivity index (χ3v) is 6.49. The Morgan fingerprint density at radius 3 is 1.76 bits per heavy atom. The minimum atomic E-state index is -1.36. The van der Waals surface area contributed by atoms with Crippen LogP contribution in [0, 0.1) is 5.82 Å². The molecular formula is C31H24FN3O6. The molecule has 0 saturated carbocycles. The van der Waals surface area contributed by atoms with Gasteiger partial charge >= 0.3 is 6.48 Å². The van der Waals surface area contributed by atoms with E-state index in [0.717, 1.165) is 4.57 Å². The van der Waals surface area contributed by atoms with E-state index in [4.69, 9.17) is 18.9 Å². The van der Waals surface area contributed by atoms with Gasteiger partial charge in [-0.3, -0.25) is 14.2 Å². The van der Waals surface area contributed by atoms with Gasteiger partial charge in [-0.15, -0.1) is 0 Å². The molecule has 0 aliphatic heterocycles. The molecular weight excluding hydrogens is 529 g/mol. The normalized spacial score (nSPS) is 11.2. The molecule has 0 spiro atoms. The summed E-state index contributed by atoms with van der Waals surface area (Å²) in [5, 5.41) is 0.00627. The van der Waals surface area contributed by atoms with Crippen LogP contribution in [0.2, 0.25) is 0 Å². The van der Waals surface area contributed by atoms with Gasteiger partial charge in [-0.1, -0.05) is 48.5 Å². The zero-order chi connectivity index (χ0) is 28.3. The number of ether oxygens (including phenoxy) is 4. The van der Waals surface area contributed by atoms with E-state index in [1.165, 1.54) is 31.4 Å². The highest BCUT2D eigenvalue weighted by Gasteiger charge is 2.29. The van der Waals surface area contributed by atoms with Gasteiger partial charge in [0.25, 0.3) is 11.1 Å². The summed E-state index contributed by atoms with van der Waals surface area (Å²) in [6.07, 6.45) is 3.24. The van der Waals surface area contributed by atoms with Gasteiger partial charge < -0.3 is 28.9 Å². The average Bonchev–Trinajstić information content (AvgIpc) is 3.24. The van der Waals surface area contributed by atoms with Crippen LogP contribution in [0.25, 0.3) is 21.8 Å². The number of methoxy groups -OCH3 is 1. The minimum Gasteiger partial charge on any atom is -0.494 e. The van der Waals surface area contributed by atoms with Crippen molar-refractivity contribution in [3.8, 4) is 23.0 Å². The first-order valence-corrected chi connectivity index (χ1v) is 12.7. The number of nitrogens with one attached hydrogen (secondary N) is 2. The molecule has 0 saturated heterocycles. The lowest BCUT2D eigenvalue weighted by atomic mass is 10.1. The van der Waals surface area contributed by atoms with Crippen molar-refractivity contribution in [1.29, 1.82) is 0 Å². The van der Waals surface area contributed by atoms with E-state index >= 15 is 0 Å². The van der Waals surface area contributed by atoms with Crippen LogP contribution < -0.4 is 30.1 Å². The van der Waals surface area contributed by atoms with E-state index in [1.807, 2.05) is 12.1 Å². The van der Waals surface area contributed by atoms with Gasteiger partial charge in [0.1, 0.15) is 39.1 Å². The van der Waals surface area contributed by atoms with Gasteiger partial charge in [0, 0.05) is 12.4 Å². The minimum absolute atomic E-state index is 0.0179. The van der Waals surface area contributed by atoms with Crippen molar-refractivity contribution >= 4 is 21.8 Å². The van der Waals surface area contributed by atoms with Crippen molar-refractivity contribution in [1.82, 2.24) is 14.5 Å². The zero-order valence-electron chi connectivity index (χ0n) is 21.8. The molecule has 0 bridgehead atoms. The maximum absolute atomic E-state index is 13.9. The molecule has 0 aliphatic rings. The molecule has 6 rings (SSSR count). The Morgan fingerprint density at radius 2 is 1.22 bits per heavy atom. The molecule has 2 aromatic heterocycles. The largest absolute Gasteiger partial charge is 0.494 e. The Kier molecular flexibility index (Phi) is 6.87. The van der Waals surface area contributed by atoms with Gasteiger partial charge in [0.05, 0.1) is 13.7 Å². The van der Waals surface area contributed by atoms with Crippen molar-refractivity contribution in [2.45, 2.75) is 13.0 Å². The summed E-state index contributed by atoms with van der Waals surface area (Å²) in [5.41, 5.74) is 0.125. The molecule has 0 radical (unpaired) electrons. The summed E-state index contributed by atoms with van der Waals surface area (Å²) in [6.45, 7) is -1.44. The Hall–Kier alpha value is -5.51. The van der Waals surface area contributed by atoms with Crippen LogP contribution >= 0.6 is 0 Å². The summed E-state index contributed by atoms with van der Waals surface area (Å²) >= 11 is 0. The fourth-order valence-electron chi connectivity index (χ4n) is 4.63. The third kappa shape index (κ3) is 4.98. The molecule has 0 amide bonds. The number of H-pyrrole nitrogens is 2. The van der Waals surface area contributed by atoms with Crippen molar-refractivity contribution < 1.29 is 23.3 Å². The van der Waals surface area contributed by atoms with Crippen LogP contribution in [0.15, 0.2) is 107 Å². The highest BCUT2D eigenvalue weighted by atomic mass is 19.1.